The average Bonchev–Trinajstić information content (AvgIpc) is 2.85. The molecule has 1 aliphatic heterocycles. The van der Waals surface area contributed by atoms with Crippen LogP contribution in [0, 0.1) is 5.92 Å². The monoisotopic (exact) mass is 294 g/mol. The van der Waals surface area contributed by atoms with E-state index in [-0.39, 0.29) is 16.8 Å². The van der Waals surface area contributed by atoms with Crippen LogP contribution in [0.25, 0.3) is 0 Å². The van der Waals surface area contributed by atoms with Crippen LogP contribution in [0.1, 0.15) is 18.9 Å². The predicted molar refractivity (Wildman–Crippen MR) is 81.0 cm³/mol. The molecule has 0 radical (unpaired) electrons. The molecule has 3 N–H and O–H groups in total. The number of anilines is 1. The highest BCUT2D eigenvalue weighted by molar-refractivity contribution is 7.80. The van der Waals surface area contributed by atoms with Gasteiger partial charge in [0.2, 0.25) is 0 Å². The number of nitrogens with one attached hydrogen (secondary N) is 1. The van der Waals surface area contributed by atoms with Crippen LogP contribution in [-0.4, -0.2) is 30.7 Å². The summed E-state index contributed by atoms with van der Waals surface area (Å²) in [5, 5.41) is 2.83. The number of amides is 1. The molecule has 6 heteroatoms. The van der Waals surface area contributed by atoms with Gasteiger partial charge in [-0.1, -0.05) is 19.1 Å². The van der Waals surface area contributed by atoms with Crippen molar-refractivity contribution in [2.45, 2.75) is 19.4 Å². The molecule has 0 saturated carbocycles. The van der Waals surface area contributed by atoms with E-state index in [1.165, 1.54) is 7.11 Å². The van der Waals surface area contributed by atoms with Crippen molar-refractivity contribution in [3.63, 3.8) is 0 Å². The molecule has 1 aromatic rings. The van der Waals surface area contributed by atoms with Crippen LogP contribution < -0.4 is 15.8 Å². The number of carbonyl (C=O) groups is 1. The van der Waals surface area contributed by atoms with Crippen LogP contribution in [0.4, 0.5) is 5.69 Å². The number of methoxy groups -OCH3 is 1. The molecule has 20 heavy (non-hydrogen) atoms. The largest absolute Gasteiger partial charge is 0.495 e. The summed E-state index contributed by atoms with van der Waals surface area (Å²) in [4.78, 5) is 12.5. The summed E-state index contributed by atoms with van der Waals surface area (Å²) in [5.74, 6) is 0.586. The van der Waals surface area contributed by atoms with E-state index in [0.717, 1.165) is 6.42 Å². The van der Waals surface area contributed by atoms with Gasteiger partial charge in [-0.15, -0.1) is 0 Å². The standard InChI is InChI=1S/C14H18N2O3S/c1-8-5-6-19-12(8)14(17)16-10-4-3-9(13(15)20)7-11(10)18-2/h3-4,7-8,12H,5-6H2,1-2H3,(H2,15,20)(H,16,17). The Morgan fingerprint density at radius 2 is 2.30 bits per heavy atom. The van der Waals surface area contributed by atoms with Gasteiger partial charge in [-0.25, -0.2) is 0 Å². The molecule has 2 rings (SSSR count). The Morgan fingerprint density at radius 3 is 2.85 bits per heavy atom. The first-order valence-corrected chi connectivity index (χ1v) is 6.84. The van der Waals surface area contributed by atoms with Crippen LogP contribution in [0.2, 0.25) is 0 Å². The van der Waals surface area contributed by atoms with E-state index in [1.807, 2.05) is 6.92 Å². The number of benzene rings is 1. The van der Waals surface area contributed by atoms with Crippen molar-refractivity contribution in [1.82, 2.24) is 0 Å². The summed E-state index contributed by atoms with van der Waals surface area (Å²) in [7, 11) is 1.53. The first kappa shape index (κ1) is 14.7. The molecule has 0 aromatic heterocycles. The summed E-state index contributed by atoms with van der Waals surface area (Å²) in [6.07, 6.45) is 0.491. The Morgan fingerprint density at radius 1 is 1.55 bits per heavy atom. The number of ether oxygens (including phenoxy) is 2. The minimum atomic E-state index is -0.407. The lowest BCUT2D eigenvalue weighted by Crippen LogP contribution is -2.31. The summed E-state index contributed by atoms with van der Waals surface area (Å²) in [6, 6.07) is 5.18. The minimum absolute atomic E-state index is 0.156. The second kappa shape index (κ2) is 6.19. The fraction of sp³-hybridized carbons (Fsp3) is 0.429. The minimum Gasteiger partial charge on any atom is -0.495 e. The summed E-state index contributed by atoms with van der Waals surface area (Å²) in [6.45, 7) is 2.63. The maximum atomic E-state index is 12.2. The lowest BCUT2D eigenvalue weighted by molar-refractivity contribution is -0.126. The maximum Gasteiger partial charge on any atom is 0.253 e. The summed E-state index contributed by atoms with van der Waals surface area (Å²) in [5.41, 5.74) is 6.85. The summed E-state index contributed by atoms with van der Waals surface area (Å²) < 4.78 is 10.7. The number of hydrogen-bond acceptors (Lipinski definition) is 4. The van der Waals surface area contributed by atoms with Crippen molar-refractivity contribution in [1.29, 1.82) is 0 Å². The zero-order chi connectivity index (χ0) is 14.7. The highest BCUT2D eigenvalue weighted by atomic mass is 32.1. The van der Waals surface area contributed by atoms with E-state index in [0.29, 0.717) is 23.6 Å². The number of nitrogens with two attached hydrogens (primary N) is 1. The third-order valence-corrected chi connectivity index (χ3v) is 3.63. The van der Waals surface area contributed by atoms with Crippen molar-refractivity contribution in [3.8, 4) is 5.75 Å². The number of thiocarbonyl (C=S) groups is 1. The van der Waals surface area contributed by atoms with Gasteiger partial charge in [0, 0.05) is 12.2 Å². The van der Waals surface area contributed by atoms with Crippen LogP contribution in [0.15, 0.2) is 18.2 Å². The fourth-order valence-electron chi connectivity index (χ4n) is 2.18. The quantitative estimate of drug-likeness (QED) is 0.827. The summed E-state index contributed by atoms with van der Waals surface area (Å²) >= 11 is 4.92. The molecule has 1 aliphatic rings. The first-order chi connectivity index (χ1) is 9.52. The Kier molecular flexibility index (Phi) is 4.57. The molecule has 108 valence electrons. The Hall–Kier alpha value is -1.66. The van der Waals surface area contributed by atoms with Gasteiger partial charge in [-0.3, -0.25) is 4.79 Å². The lowest BCUT2D eigenvalue weighted by atomic mass is 10.0. The maximum absolute atomic E-state index is 12.2. The smallest absolute Gasteiger partial charge is 0.253 e. The van der Waals surface area contributed by atoms with E-state index < -0.39 is 6.10 Å². The second-order valence-electron chi connectivity index (χ2n) is 4.83. The van der Waals surface area contributed by atoms with Crippen molar-refractivity contribution in [2.24, 2.45) is 11.7 Å². The van der Waals surface area contributed by atoms with Gasteiger partial charge in [-0.05, 0) is 30.5 Å². The lowest BCUT2D eigenvalue weighted by Gasteiger charge is -2.16. The van der Waals surface area contributed by atoms with E-state index in [1.54, 1.807) is 18.2 Å². The molecular formula is C14H18N2O3S. The molecule has 2 unspecified atom stereocenters. The highest BCUT2D eigenvalue weighted by Crippen LogP contribution is 2.27. The Balaban J connectivity index is 2.16. The third kappa shape index (κ3) is 3.08. The molecule has 0 spiro atoms. The zero-order valence-electron chi connectivity index (χ0n) is 11.5. The average molecular weight is 294 g/mol. The van der Waals surface area contributed by atoms with E-state index in [9.17, 15) is 4.79 Å². The highest BCUT2D eigenvalue weighted by Gasteiger charge is 2.31. The number of rotatable bonds is 4. The first-order valence-electron chi connectivity index (χ1n) is 6.43. The molecule has 1 heterocycles. The van der Waals surface area contributed by atoms with Gasteiger partial charge in [0.05, 0.1) is 12.8 Å². The molecule has 1 amide bonds. The molecule has 2 atom stereocenters. The van der Waals surface area contributed by atoms with E-state index in [2.05, 4.69) is 5.32 Å². The normalized spacial score (nSPS) is 21.5. The molecule has 1 fully saturated rings. The molecule has 0 aliphatic carbocycles. The fourth-order valence-corrected chi connectivity index (χ4v) is 2.31. The Labute approximate surface area is 123 Å². The topological polar surface area (TPSA) is 73.6 Å². The molecule has 1 saturated heterocycles. The van der Waals surface area contributed by atoms with Gasteiger partial charge in [0.15, 0.2) is 0 Å². The van der Waals surface area contributed by atoms with Gasteiger partial charge in [0.1, 0.15) is 16.8 Å². The van der Waals surface area contributed by atoms with Crippen molar-refractivity contribution in [2.75, 3.05) is 19.0 Å². The van der Waals surface area contributed by atoms with Gasteiger partial charge >= 0.3 is 0 Å². The van der Waals surface area contributed by atoms with E-state index >= 15 is 0 Å². The van der Waals surface area contributed by atoms with Crippen molar-refractivity contribution in [3.05, 3.63) is 23.8 Å². The SMILES string of the molecule is COc1cc(C(N)=S)ccc1NC(=O)C1OCCC1C. The molecule has 0 bridgehead atoms. The molecule has 1 aromatic carbocycles. The molecular weight excluding hydrogens is 276 g/mol. The predicted octanol–water partition coefficient (Wildman–Crippen LogP) is 1.69. The number of carbonyl (C=O) groups excluding carboxylic acids is 1. The van der Waals surface area contributed by atoms with Crippen LogP contribution in [-0.2, 0) is 9.53 Å². The zero-order valence-corrected chi connectivity index (χ0v) is 12.3. The van der Waals surface area contributed by atoms with Crippen molar-refractivity contribution >= 4 is 28.8 Å². The number of hydrogen-bond donors (Lipinski definition) is 2. The second-order valence-corrected chi connectivity index (χ2v) is 5.27. The van der Waals surface area contributed by atoms with E-state index in [4.69, 9.17) is 27.4 Å². The van der Waals surface area contributed by atoms with Crippen molar-refractivity contribution < 1.29 is 14.3 Å². The van der Waals surface area contributed by atoms with Crippen LogP contribution in [0.3, 0.4) is 0 Å². The van der Waals surface area contributed by atoms with Crippen LogP contribution in [0.5, 0.6) is 5.75 Å². The Bertz CT molecular complexity index is 533. The van der Waals surface area contributed by atoms with Gasteiger partial charge in [0.25, 0.3) is 5.91 Å². The van der Waals surface area contributed by atoms with Crippen LogP contribution >= 0.6 is 12.2 Å². The molecule has 5 nitrogen and oxygen atoms in total. The van der Waals surface area contributed by atoms with Gasteiger partial charge < -0.3 is 20.5 Å². The van der Waals surface area contributed by atoms with Gasteiger partial charge in [-0.2, -0.15) is 0 Å². The third-order valence-electron chi connectivity index (χ3n) is 3.39.